The summed E-state index contributed by atoms with van der Waals surface area (Å²) in [5.74, 6) is 0.886. The highest BCUT2D eigenvalue weighted by molar-refractivity contribution is 7.19. The molecule has 9 heteroatoms. The Morgan fingerprint density at radius 3 is 2.38 bits per heavy atom. The maximum absolute atomic E-state index is 14.0. The van der Waals surface area contributed by atoms with Crippen molar-refractivity contribution in [1.82, 2.24) is 14.9 Å². The number of pyridine rings is 1. The van der Waals surface area contributed by atoms with Crippen LogP contribution in [0.15, 0.2) is 66.9 Å². The van der Waals surface area contributed by atoms with E-state index in [1.807, 2.05) is 36.4 Å². The van der Waals surface area contributed by atoms with Gasteiger partial charge in [-0.3, -0.25) is 0 Å². The van der Waals surface area contributed by atoms with Crippen molar-refractivity contribution in [3.8, 4) is 22.1 Å². The summed E-state index contributed by atoms with van der Waals surface area (Å²) in [6, 6.07) is 18.3. The molecule has 2 aromatic heterocycles. The number of hydrogen-bond acceptors (Lipinski definition) is 6. The van der Waals surface area contributed by atoms with E-state index in [-0.39, 0.29) is 21.3 Å². The average molecular weight is 569 g/mol. The highest BCUT2D eigenvalue weighted by Crippen LogP contribution is 2.43. The van der Waals surface area contributed by atoms with Crippen LogP contribution in [0, 0.1) is 0 Å². The van der Waals surface area contributed by atoms with Crippen LogP contribution in [0.5, 0.6) is 11.6 Å². The second-order valence-corrected chi connectivity index (χ2v) is 11.7. The van der Waals surface area contributed by atoms with Crippen LogP contribution in [0.2, 0.25) is 0 Å². The van der Waals surface area contributed by atoms with Crippen LogP contribution in [0.25, 0.3) is 10.4 Å². The number of halogens is 3. The van der Waals surface area contributed by atoms with Gasteiger partial charge in [0.25, 0.3) is 0 Å². The average Bonchev–Trinajstić information content (AvgIpc) is 3.34. The Balaban J connectivity index is 1.59. The first kappa shape index (κ1) is 29.6. The first-order valence-corrected chi connectivity index (χ1v) is 14.1. The van der Waals surface area contributed by atoms with E-state index in [1.165, 1.54) is 0 Å². The number of hydrogen-bond donors (Lipinski definition) is 1. The van der Waals surface area contributed by atoms with Gasteiger partial charge in [0.05, 0.1) is 4.88 Å². The second-order valence-electron chi connectivity index (χ2n) is 10.7. The zero-order valence-corrected chi connectivity index (χ0v) is 24.3. The molecule has 0 unspecified atom stereocenters. The maximum atomic E-state index is 14.0. The first-order chi connectivity index (χ1) is 19.0. The van der Waals surface area contributed by atoms with Gasteiger partial charge in [-0.25, -0.2) is 9.97 Å². The Morgan fingerprint density at radius 2 is 1.70 bits per heavy atom. The molecule has 0 aliphatic heterocycles. The van der Waals surface area contributed by atoms with Gasteiger partial charge in [0.1, 0.15) is 11.4 Å². The number of benzene rings is 2. The molecule has 5 nitrogen and oxygen atoms in total. The highest BCUT2D eigenvalue weighted by Gasteiger charge is 2.38. The van der Waals surface area contributed by atoms with Gasteiger partial charge in [0, 0.05) is 11.8 Å². The molecule has 0 bridgehead atoms. The van der Waals surface area contributed by atoms with E-state index in [2.05, 4.69) is 54.9 Å². The minimum absolute atomic E-state index is 0.0664. The van der Waals surface area contributed by atoms with E-state index >= 15 is 0 Å². The Hall–Kier alpha value is -3.43. The lowest BCUT2D eigenvalue weighted by Crippen LogP contribution is -2.19. The molecule has 0 radical (unpaired) electrons. The number of alkyl halides is 3. The fourth-order valence-electron chi connectivity index (χ4n) is 4.26. The van der Waals surface area contributed by atoms with Crippen LogP contribution in [0.3, 0.4) is 0 Å². The molecule has 0 aliphatic carbocycles. The molecule has 0 fully saturated rings. The van der Waals surface area contributed by atoms with Gasteiger partial charge in [0.2, 0.25) is 5.88 Å². The van der Waals surface area contributed by atoms with Crippen LogP contribution in [0.1, 0.15) is 50.9 Å². The number of ether oxygens (including phenoxy) is 1. The molecule has 4 aromatic rings. The third-order valence-electron chi connectivity index (χ3n) is 6.57. The van der Waals surface area contributed by atoms with E-state index in [0.717, 1.165) is 48.4 Å². The van der Waals surface area contributed by atoms with Crippen molar-refractivity contribution < 1.29 is 17.9 Å². The molecular formula is C31H35F3N4OS. The number of aryl methyl sites for hydroxylation is 1. The lowest BCUT2D eigenvalue weighted by Gasteiger charge is -2.22. The molecule has 0 aliphatic rings. The topological polar surface area (TPSA) is 50.3 Å². The van der Waals surface area contributed by atoms with Gasteiger partial charge in [-0.15, -0.1) is 0 Å². The van der Waals surface area contributed by atoms with Crippen molar-refractivity contribution in [3.05, 3.63) is 83.7 Å². The zero-order chi connectivity index (χ0) is 28.9. The summed E-state index contributed by atoms with van der Waals surface area (Å²) < 4.78 is 48.3. The van der Waals surface area contributed by atoms with Crippen LogP contribution in [-0.2, 0) is 18.0 Å². The van der Waals surface area contributed by atoms with E-state index in [1.54, 1.807) is 30.5 Å². The first-order valence-electron chi connectivity index (χ1n) is 13.3. The minimum Gasteiger partial charge on any atom is -0.437 e. The van der Waals surface area contributed by atoms with Gasteiger partial charge in [0.15, 0.2) is 10.8 Å². The number of rotatable bonds is 10. The van der Waals surface area contributed by atoms with E-state index < -0.39 is 11.9 Å². The third-order valence-corrected chi connectivity index (χ3v) is 7.59. The van der Waals surface area contributed by atoms with Crippen LogP contribution in [0.4, 0.5) is 24.0 Å². The SMILES string of the molecule is CCN(C)CCCc1ccc(-c2sc(Nc3cccnc3Oc3ccccc3C(C)(C)C)nc2C(F)(F)F)cc1. The number of thiazole rings is 1. The lowest BCUT2D eigenvalue weighted by molar-refractivity contribution is -0.140. The molecular weight excluding hydrogens is 533 g/mol. The maximum Gasteiger partial charge on any atom is 0.434 e. The van der Waals surface area contributed by atoms with Crippen LogP contribution in [-0.4, -0.2) is 35.0 Å². The standard InChI is InChI=1S/C31H35F3N4OS/c1-6-38(5)20-10-11-21-15-17-22(18-16-21)26-27(31(32,33)34)37-29(40-26)36-24-13-9-19-35-28(24)39-25-14-8-7-12-23(25)30(2,3)4/h7-9,12-19H,6,10-11,20H2,1-5H3,(H,36,37). The number of anilines is 2. The Bertz CT molecular complexity index is 1410. The summed E-state index contributed by atoms with van der Waals surface area (Å²) in [5.41, 5.74) is 1.90. The van der Waals surface area contributed by atoms with Gasteiger partial charge >= 0.3 is 6.18 Å². The van der Waals surface area contributed by atoms with E-state index in [4.69, 9.17) is 4.74 Å². The van der Waals surface area contributed by atoms with Crippen molar-refractivity contribution in [2.45, 2.75) is 52.1 Å². The van der Waals surface area contributed by atoms with Crippen LogP contribution < -0.4 is 10.1 Å². The summed E-state index contributed by atoms with van der Waals surface area (Å²) in [5, 5.41) is 3.13. The lowest BCUT2D eigenvalue weighted by atomic mass is 9.86. The smallest absolute Gasteiger partial charge is 0.434 e. The molecule has 0 saturated carbocycles. The third kappa shape index (κ3) is 7.40. The fourth-order valence-corrected chi connectivity index (χ4v) is 5.26. The molecule has 1 N–H and O–H groups in total. The minimum atomic E-state index is -4.60. The molecule has 0 atom stereocenters. The van der Waals surface area contributed by atoms with Gasteiger partial charge in [-0.05, 0) is 67.7 Å². The second kappa shape index (κ2) is 12.4. The molecule has 4 rings (SSSR count). The number of para-hydroxylation sites is 1. The summed E-state index contributed by atoms with van der Waals surface area (Å²) in [4.78, 5) is 10.6. The van der Waals surface area contributed by atoms with E-state index in [9.17, 15) is 13.2 Å². The summed E-state index contributed by atoms with van der Waals surface area (Å²) in [6.45, 7) is 10.3. The zero-order valence-electron chi connectivity index (χ0n) is 23.5. The van der Waals surface area contributed by atoms with Gasteiger partial charge < -0.3 is 15.0 Å². The van der Waals surface area contributed by atoms with Gasteiger partial charge in [-0.2, -0.15) is 13.2 Å². The van der Waals surface area contributed by atoms with Crippen molar-refractivity contribution in [3.63, 3.8) is 0 Å². The van der Waals surface area contributed by atoms with Crippen molar-refractivity contribution >= 4 is 22.2 Å². The van der Waals surface area contributed by atoms with Gasteiger partial charge in [-0.1, -0.05) is 81.5 Å². The predicted octanol–water partition coefficient (Wildman–Crippen LogP) is 8.94. The van der Waals surface area contributed by atoms with Crippen LogP contribution >= 0.6 is 11.3 Å². The number of nitrogens with zero attached hydrogens (tertiary/aromatic N) is 3. The Labute approximate surface area is 238 Å². The quantitative estimate of drug-likeness (QED) is 0.207. The fraction of sp³-hybridized carbons (Fsp3) is 0.355. The summed E-state index contributed by atoms with van der Waals surface area (Å²) in [6.07, 6.45) is -1.16. The predicted molar refractivity (Wildman–Crippen MR) is 157 cm³/mol. The summed E-state index contributed by atoms with van der Waals surface area (Å²) in [7, 11) is 2.07. The molecule has 0 spiro atoms. The van der Waals surface area contributed by atoms with E-state index in [0.29, 0.717) is 17.0 Å². The molecule has 0 saturated heterocycles. The highest BCUT2D eigenvalue weighted by atomic mass is 32.1. The van der Waals surface area contributed by atoms with Crippen molar-refractivity contribution in [2.75, 3.05) is 25.5 Å². The molecule has 212 valence electrons. The summed E-state index contributed by atoms with van der Waals surface area (Å²) >= 11 is 0.955. The Morgan fingerprint density at radius 1 is 0.975 bits per heavy atom. The number of nitrogens with one attached hydrogen (secondary N) is 1. The molecule has 40 heavy (non-hydrogen) atoms. The molecule has 2 heterocycles. The van der Waals surface area contributed by atoms with Crippen molar-refractivity contribution in [2.24, 2.45) is 0 Å². The normalized spacial score (nSPS) is 12.1. The molecule has 0 amide bonds. The monoisotopic (exact) mass is 568 g/mol. The Kier molecular flexibility index (Phi) is 9.15. The largest absolute Gasteiger partial charge is 0.437 e. The van der Waals surface area contributed by atoms with Crippen molar-refractivity contribution in [1.29, 1.82) is 0 Å². The molecule has 2 aromatic carbocycles. The number of aromatic nitrogens is 2.